The summed E-state index contributed by atoms with van der Waals surface area (Å²) >= 11 is 4.21. The molecule has 0 aromatic heterocycles. The lowest BCUT2D eigenvalue weighted by atomic mass is 10.1. The molecule has 0 bridgehead atoms. The summed E-state index contributed by atoms with van der Waals surface area (Å²) in [6, 6.07) is 7.30. The number of carbonyl (C=O) groups excluding carboxylic acids is 1. The van der Waals surface area contributed by atoms with E-state index in [1.54, 1.807) is 0 Å². The maximum absolute atomic E-state index is 12.2. The van der Waals surface area contributed by atoms with Crippen molar-refractivity contribution in [1.82, 2.24) is 4.90 Å². The largest absolute Gasteiger partial charge is 0.372 e. The number of nitrogens with zero attached hydrogens (tertiary/aromatic N) is 1. The smallest absolute Gasteiger partial charge is 0.254 e. The summed E-state index contributed by atoms with van der Waals surface area (Å²) in [4.78, 5) is 15.0. The molecule has 1 aromatic rings. The van der Waals surface area contributed by atoms with Gasteiger partial charge in [0.1, 0.15) is 0 Å². The number of thiol groups is 1. The second-order valence-electron chi connectivity index (χ2n) is 4.51. The highest BCUT2D eigenvalue weighted by Gasteiger charge is 2.26. The van der Waals surface area contributed by atoms with Crippen molar-refractivity contribution in [3.63, 3.8) is 0 Å². The van der Waals surface area contributed by atoms with Crippen LogP contribution in [-0.4, -0.2) is 36.1 Å². The average molecular weight is 251 g/mol. The molecular weight excluding hydrogens is 234 g/mol. The number of hydrogen-bond acceptors (Lipinski definition) is 3. The molecule has 1 fully saturated rings. The summed E-state index contributed by atoms with van der Waals surface area (Å²) in [7, 11) is 0. The van der Waals surface area contributed by atoms with Gasteiger partial charge in [-0.2, -0.15) is 0 Å². The molecule has 0 spiro atoms. The molecule has 0 aliphatic carbocycles. The van der Waals surface area contributed by atoms with Crippen molar-refractivity contribution in [3.8, 4) is 0 Å². The van der Waals surface area contributed by atoms with Crippen LogP contribution in [0.3, 0.4) is 0 Å². The van der Waals surface area contributed by atoms with Crippen LogP contribution in [0.2, 0.25) is 0 Å². The highest BCUT2D eigenvalue weighted by molar-refractivity contribution is 7.80. The summed E-state index contributed by atoms with van der Waals surface area (Å²) in [6.07, 6.45) is 0.207. The van der Waals surface area contributed by atoms with Crippen LogP contribution in [0.4, 0.5) is 0 Å². The molecule has 1 aromatic carbocycles. The number of carbonyl (C=O) groups is 1. The lowest BCUT2D eigenvalue weighted by Gasteiger charge is -2.35. The van der Waals surface area contributed by atoms with Crippen LogP contribution in [-0.2, 0) is 4.74 Å². The van der Waals surface area contributed by atoms with E-state index in [2.05, 4.69) is 12.6 Å². The van der Waals surface area contributed by atoms with Crippen molar-refractivity contribution < 1.29 is 9.53 Å². The fraction of sp³-hybridized carbons (Fsp3) is 0.462. The molecule has 0 saturated carbocycles. The van der Waals surface area contributed by atoms with Gasteiger partial charge in [0.2, 0.25) is 0 Å². The summed E-state index contributed by atoms with van der Waals surface area (Å²) in [5.41, 5.74) is 0.712. The first kappa shape index (κ1) is 12.5. The summed E-state index contributed by atoms with van der Waals surface area (Å²) in [5.74, 6) is 0.0698. The number of hydrogen-bond donors (Lipinski definition) is 1. The van der Waals surface area contributed by atoms with E-state index in [0.717, 1.165) is 4.90 Å². The van der Waals surface area contributed by atoms with E-state index in [0.29, 0.717) is 18.7 Å². The van der Waals surface area contributed by atoms with Gasteiger partial charge in [0, 0.05) is 23.5 Å². The maximum atomic E-state index is 12.2. The Labute approximate surface area is 107 Å². The van der Waals surface area contributed by atoms with Gasteiger partial charge >= 0.3 is 0 Å². The second-order valence-corrected chi connectivity index (χ2v) is 5.03. The van der Waals surface area contributed by atoms with Crippen LogP contribution in [0.15, 0.2) is 29.2 Å². The van der Waals surface area contributed by atoms with Gasteiger partial charge in [-0.15, -0.1) is 12.6 Å². The molecular formula is C13H17NO2S. The fourth-order valence-corrected chi connectivity index (χ4v) is 2.28. The van der Waals surface area contributed by atoms with Crippen molar-refractivity contribution in [2.24, 2.45) is 0 Å². The van der Waals surface area contributed by atoms with Crippen molar-refractivity contribution in [2.75, 3.05) is 13.1 Å². The minimum atomic E-state index is 0.0698. The third-order valence-corrected chi connectivity index (χ3v) is 3.12. The predicted octanol–water partition coefficient (Wildman–Crippen LogP) is 2.22. The van der Waals surface area contributed by atoms with E-state index < -0.39 is 0 Å². The van der Waals surface area contributed by atoms with Crippen LogP contribution in [0.5, 0.6) is 0 Å². The Hall–Kier alpha value is -1.00. The Kier molecular flexibility index (Phi) is 3.74. The van der Waals surface area contributed by atoms with E-state index in [4.69, 9.17) is 4.74 Å². The number of amides is 1. The van der Waals surface area contributed by atoms with E-state index in [1.807, 2.05) is 43.0 Å². The molecule has 2 rings (SSSR count). The van der Waals surface area contributed by atoms with Gasteiger partial charge in [-0.1, -0.05) is 0 Å². The molecule has 1 saturated heterocycles. The summed E-state index contributed by atoms with van der Waals surface area (Å²) < 4.78 is 5.62. The predicted molar refractivity (Wildman–Crippen MR) is 69.6 cm³/mol. The van der Waals surface area contributed by atoms with E-state index in [1.165, 1.54) is 0 Å². The molecule has 3 nitrogen and oxygen atoms in total. The van der Waals surface area contributed by atoms with Gasteiger partial charge in [-0.25, -0.2) is 0 Å². The molecule has 92 valence electrons. The maximum Gasteiger partial charge on any atom is 0.254 e. The number of morpholine rings is 1. The van der Waals surface area contributed by atoms with Crippen LogP contribution < -0.4 is 0 Å². The third kappa shape index (κ3) is 3.01. The molecule has 0 unspecified atom stereocenters. The first-order valence-corrected chi connectivity index (χ1v) is 6.24. The van der Waals surface area contributed by atoms with Crippen molar-refractivity contribution >= 4 is 18.5 Å². The number of ether oxygens (including phenoxy) is 1. The molecule has 0 N–H and O–H groups in total. The molecule has 0 radical (unpaired) electrons. The van der Waals surface area contributed by atoms with Crippen molar-refractivity contribution in [3.05, 3.63) is 29.8 Å². The summed E-state index contributed by atoms with van der Waals surface area (Å²) in [6.45, 7) is 5.30. The quantitative estimate of drug-likeness (QED) is 0.776. The Morgan fingerprint density at radius 3 is 2.29 bits per heavy atom. The van der Waals surface area contributed by atoms with E-state index >= 15 is 0 Å². The van der Waals surface area contributed by atoms with Crippen molar-refractivity contribution in [1.29, 1.82) is 0 Å². The standard InChI is InChI=1S/C13H17NO2S/c1-9-7-14(8-10(2)16-9)13(15)11-3-5-12(17)6-4-11/h3-6,9-10,17H,7-8H2,1-2H3/t9-,10+. The normalized spacial score (nSPS) is 24.8. The first-order chi connectivity index (χ1) is 8.06. The highest BCUT2D eigenvalue weighted by Crippen LogP contribution is 2.15. The number of rotatable bonds is 1. The Bertz CT molecular complexity index is 394. The second kappa shape index (κ2) is 5.10. The average Bonchev–Trinajstić information content (AvgIpc) is 2.28. The van der Waals surface area contributed by atoms with Gasteiger partial charge in [-0.3, -0.25) is 4.79 Å². The zero-order valence-corrected chi connectivity index (χ0v) is 11.0. The van der Waals surface area contributed by atoms with E-state index in [-0.39, 0.29) is 18.1 Å². The number of benzene rings is 1. The molecule has 17 heavy (non-hydrogen) atoms. The Morgan fingerprint density at radius 2 is 1.76 bits per heavy atom. The van der Waals surface area contributed by atoms with Gasteiger partial charge in [-0.05, 0) is 38.1 Å². The van der Waals surface area contributed by atoms with Crippen molar-refractivity contribution in [2.45, 2.75) is 31.0 Å². The van der Waals surface area contributed by atoms with Gasteiger partial charge in [0.15, 0.2) is 0 Å². The molecule has 2 atom stereocenters. The molecule has 1 heterocycles. The van der Waals surface area contributed by atoms with Crippen LogP contribution >= 0.6 is 12.6 Å². The fourth-order valence-electron chi connectivity index (χ4n) is 2.13. The zero-order chi connectivity index (χ0) is 12.4. The lowest BCUT2D eigenvalue weighted by Crippen LogP contribution is -2.48. The Morgan fingerprint density at radius 1 is 1.24 bits per heavy atom. The zero-order valence-electron chi connectivity index (χ0n) is 10.1. The van der Waals surface area contributed by atoms with E-state index in [9.17, 15) is 4.79 Å². The van der Waals surface area contributed by atoms with Crippen LogP contribution in [0.25, 0.3) is 0 Å². The lowest BCUT2D eigenvalue weighted by molar-refractivity contribution is -0.0586. The minimum Gasteiger partial charge on any atom is -0.372 e. The molecule has 1 aliphatic heterocycles. The van der Waals surface area contributed by atoms with Crippen LogP contribution in [0.1, 0.15) is 24.2 Å². The topological polar surface area (TPSA) is 29.5 Å². The van der Waals surface area contributed by atoms with Gasteiger partial charge in [0.05, 0.1) is 12.2 Å². The summed E-state index contributed by atoms with van der Waals surface area (Å²) in [5, 5.41) is 0. The molecule has 4 heteroatoms. The highest BCUT2D eigenvalue weighted by atomic mass is 32.1. The van der Waals surface area contributed by atoms with Crippen LogP contribution in [0, 0.1) is 0 Å². The third-order valence-electron chi connectivity index (χ3n) is 2.82. The Balaban J connectivity index is 2.11. The van der Waals surface area contributed by atoms with Gasteiger partial charge in [0.25, 0.3) is 5.91 Å². The molecule has 1 aliphatic rings. The van der Waals surface area contributed by atoms with Gasteiger partial charge < -0.3 is 9.64 Å². The SMILES string of the molecule is C[C@@H]1CN(C(=O)c2ccc(S)cc2)C[C@H](C)O1. The minimum absolute atomic E-state index is 0.0698. The monoisotopic (exact) mass is 251 g/mol. The first-order valence-electron chi connectivity index (χ1n) is 5.80. The molecule has 1 amide bonds.